The summed E-state index contributed by atoms with van der Waals surface area (Å²) in [5.74, 6) is -0.868. The lowest BCUT2D eigenvalue weighted by Crippen LogP contribution is -2.38. The van der Waals surface area contributed by atoms with E-state index >= 15 is 0 Å². The number of carbonyl (C=O) groups is 2. The molecule has 1 aliphatic rings. The van der Waals surface area contributed by atoms with Gasteiger partial charge in [0.1, 0.15) is 0 Å². The Balaban J connectivity index is 2.12. The molecule has 0 radical (unpaired) electrons. The molecule has 0 saturated heterocycles. The molecule has 18 heavy (non-hydrogen) atoms. The first-order valence-electron chi connectivity index (χ1n) is 8.31. The van der Waals surface area contributed by atoms with Crippen LogP contribution in [0.25, 0.3) is 0 Å². The van der Waals surface area contributed by atoms with Crippen molar-refractivity contribution in [2.75, 3.05) is 26.1 Å². The van der Waals surface area contributed by atoms with Crippen LogP contribution in [-0.2, 0) is 0 Å². The summed E-state index contributed by atoms with van der Waals surface area (Å²) in [6.45, 7) is -3.67. The molecule has 1 heterocycles. The Bertz CT molecular complexity index is 595. The smallest absolute Gasteiger partial charge is 0.261 e. The minimum atomic E-state index is -2.81. The minimum Gasteiger partial charge on any atom is -0.302 e. The Kier molecular flexibility index (Phi) is 2.27. The highest BCUT2D eigenvalue weighted by molar-refractivity contribution is 6.21. The summed E-state index contributed by atoms with van der Waals surface area (Å²) < 4.78 is 37.5. The average molecular weight is 251 g/mol. The molecule has 1 aromatic carbocycles. The van der Waals surface area contributed by atoms with Crippen LogP contribution in [0.3, 0.4) is 0 Å². The normalized spacial score (nSPS) is 20.1. The van der Waals surface area contributed by atoms with E-state index in [9.17, 15) is 9.59 Å². The van der Waals surface area contributed by atoms with Crippen molar-refractivity contribution in [2.24, 2.45) is 0 Å². The second-order valence-corrected chi connectivity index (χ2v) is 4.00. The van der Waals surface area contributed by atoms with Gasteiger partial charge in [0.05, 0.1) is 11.1 Å². The van der Waals surface area contributed by atoms with Gasteiger partial charge in [0, 0.05) is 19.9 Å². The maximum absolute atomic E-state index is 12.2. The minimum absolute atomic E-state index is 0.0483. The SMILES string of the molecule is [2H]C([2H])([2H])C([2H])([2H])N(CC)CCN1C(=O)c2ccccc2C1=O. The third kappa shape index (κ3) is 2.16. The van der Waals surface area contributed by atoms with E-state index < -0.39 is 25.2 Å². The van der Waals surface area contributed by atoms with E-state index in [0.717, 1.165) is 9.80 Å². The van der Waals surface area contributed by atoms with E-state index in [1.165, 1.54) is 0 Å². The van der Waals surface area contributed by atoms with Crippen molar-refractivity contribution in [3.8, 4) is 0 Å². The van der Waals surface area contributed by atoms with Gasteiger partial charge >= 0.3 is 0 Å². The first-order valence-corrected chi connectivity index (χ1v) is 5.81. The van der Waals surface area contributed by atoms with Crippen LogP contribution >= 0.6 is 0 Å². The summed E-state index contributed by atoms with van der Waals surface area (Å²) in [5, 5.41) is 0. The summed E-state index contributed by atoms with van der Waals surface area (Å²) in [5.41, 5.74) is 0.638. The molecule has 0 aromatic heterocycles. The lowest BCUT2D eigenvalue weighted by molar-refractivity contribution is 0.0638. The van der Waals surface area contributed by atoms with Gasteiger partial charge in [0.2, 0.25) is 0 Å². The second-order valence-electron chi connectivity index (χ2n) is 4.00. The zero-order chi connectivity index (χ0) is 17.4. The summed E-state index contributed by atoms with van der Waals surface area (Å²) in [6.07, 6.45) is 0. The fourth-order valence-corrected chi connectivity index (χ4v) is 1.96. The van der Waals surface area contributed by atoms with Crippen LogP contribution in [0.1, 0.15) is 41.3 Å². The molecular weight excluding hydrogens is 228 g/mol. The summed E-state index contributed by atoms with van der Waals surface area (Å²) >= 11 is 0. The van der Waals surface area contributed by atoms with Crippen LogP contribution in [0.15, 0.2) is 24.3 Å². The molecule has 0 atom stereocenters. The molecule has 0 fully saturated rings. The standard InChI is InChI=1S/C14H18N2O2/c1-3-15(4-2)9-10-16-13(17)11-7-5-6-8-12(11)14(16)18/h5-8H,3-4,9-10H2,1-2H3/i1D3,3D2. The van der Waals surface area contributed by atoms with Crippen molar-refractivity contribution >= 4 is 11.8 Å². The summed E-state index contributed by atoms with van der Waals surface area (Å²) in [7, 11) is 0. The molecule has 1 aromatic rings. The highest BCUT2D eigenvalue weighted by Crippen LogP contribution is 2.21. The number of carbonyl (C=O) groups excluding carboxylic acids is 2. The van der Waals surface area contributed by atoms with Crippen LogP contribution in [-0.4, -0.2) is 47.7 Å². The Hall–Kier alpha value is -1.68. The predicted octanol–water partition coefficient (Wildman–Crippen LogP) is 1.62. The van der Waals surface area contributed by atoms with Crippen molar-refractivity contribution < 1.29 is 16.4 Å². The largest absolute Gasteiger partial charge is 0.302 e. The van der Waals surface area contributed by atoms with Gasteiger partial charge in [-0.3, -0.25) is 14.5 Å². The number of benzene rings is 1. The van der Waals surface area contributed by atoms with E-state index in [1.807, 2.05) is 0 Å². The third-order valence-corrected chi connectivity index (χ3v) is 3.01. The topological polar surface area (TPSA) is 40.6 Å². The highest BCUT2D eigenvalue weighted by atomic mass is 16.2. The number of imide groups is 1. The Morgan fingerprint density at radius 1 is 1.28 bits per heavy atom. The number of hydrogen-bond acceptors (Lipinski definition) is 3. The molecule has 0 N–H and O–H groups in total. The number of nitrogens with zero attached hydrogens (tertiary/aromatic N) is 2. The average Bonchev–Trinajstić information content (AvgIpc) is 2.71. The number of amides is 2. The van der Waals surface area contributed by atoms with E-state index in [0.29, 0.717) is 11.1 Å². The maximum Gasteiger partial charge on any atom is 0.261 e. The van der Waals surface area contributed by atoms with E-state index in [4.69, 9.17) is 6.85 Å². The monoisotopic (exact) mass is 251 g/mol. The van der Waals surface area contributed by atoms with Crippen LogP contribution in [0.4, 0.5) is 0 Å². The molecule has 4 heteroatoms. The van der Waals surface area contributed by atoms with E-state index in [2.05, 4.69) is 0 Å². The summed E-state index contributed by atoms with van der Waals surface area (Å²) in [4.78, 5) is 26.6. The van der Waals surface area contributed by atoms with Gasteiger partial charge in [-0.25, -0.2) is 0 Å². The van der Waals surface area contributed by atoms with Gasteiger partial charge in [-0.05, 0) is 25.2 Å². The molecule has 2 amide bonds. The van der Waals surface area contributed by atoms with Crippen molar-refractivity contribution in [3.05, 3.63) is 35.4 Å². The van der Waals surface area contributed by atoms with Crippen LogP contribution in [0.2, 0.25) is 0 Å². The quantitative estimate of drug-likeness (QED) is 0.747. The van der Waals surface area contributed by atoms with Gasteiger partial charge in [0.15, 0.2) is 0 Å². The van der Waals surface area contributed by atoms with Gasteiger partial charge in [-0.15, -0.1) is 0 Å². The summed E-state index contributed by atoms with van der Waals surface area (Å²) in [6, 6.07) is 6.46. The Morgan fingerprint density at radius 2 is 1.89 bits per heavy atom. The van der Waals surface area contributed by atoms with Crippen LogP contribution in [0, 0.1) is 0 Å². The predicted molar refractivity (Wildman–Crippen MR) is 69.6 cm³/mol. The molecule has 0 bridgehead atoms. The molecule has 4 nitrogen and oxygen atoms in total. The van der Waals surface area contributed by atoms with Crippen LogP contribution in [0.5, 0.6) is 0 Å². The van der Waals surface area contributed by atoms with Crippen LogP contribution < -0.4 is 0 Å². The number of fused-ring (bicyclic) bond motifs is 1. The second kappa shape index (κ2) is 5.31. The molecule has 2 rings (SSSR count). The fraction of sp³-hybridized carbons (Fsp3) is 0.429. The van der Waals surface area contributed by atoms with Gasteiger partial charge in [-0.2, -0.15) is 0 Å². The lowest BCUT2D eigenvalue weighted by atomic mass is 10.1. The molecule has 0 spiro atoms. The lowest BCUT2D eigenvalue weighted by Gasteiger charge is -2.21. The first-order chi connectivity index (χ1) is 10.6. The highest BCUT2D eigenvalue weighted by Gasteiger charge is 2.34. The number of likely N-dealkylation sites (N-methyl/N-ethyl adjacent to an activating group) is 1. The molecule has 0 unspecified atom stereocenters. The van der Waals surface area contributed by atoms with E-state index in [1.54, 1.807) is 31.2 Å². The molecule has 96 valence electrons. The van der Waals surface area contributed by atoms with Crippen molar-refractivity contribution in [1.29, 1.82) is 0 Å². The van der Waals surface area contributed by atoms with Gasteiger partial charge in [0.25, 0.3) is 11.8 Å². The number of rotatable bonds is 5. The Labute approximate surface area is 114 Å². The van der Waals surface area contributed by atoms with E-state index in [-0.39, 0.29) is 19.6 Å². The zero-order valence-corrected chi connectivity index (χ0v) is 10.1. The molecular formula is C14H18N2O2. The van der Waals surface area contributed by atoms with Crippen molar-refractivity contribution in [2.45, 2.75) is 13.8 Å². The number of hydrogen-bond donors (Lipinski definition) is 0. The molecule has 0 aliphatic carbocycles. The fourth-order valence-electron chi connectivity index (χ4n) is 1.96. The molecule has 1 aliphatic heterocycles. The first kappa shape index (κ1) is 7.69. The van der Waals surface area contributed by atoms with Gasteiger partial charge < -0.3 is 4.90 Å². The Morgan fingerprint density at radius 3 is 2.39 bits per heavy atom. The van der Waals surface area contributed by atoms with Gasteiger partial charge in [-0.1, -0.05) is 25.9 Å². The third-order valence-electron chi connectivity index (χ3n) is 3.01. The van der Waals surface area contributed by atoms with Crippen molar-refractivity contribution in [1.82, 2.24) is 9.80 Å². The zero-order valence-electron chi connectivity index (χ0n) is 15.1. The molecule has 0 saturated carbocycles. The van der Waals surface area contributed by atoms with Crippen molar-refractivity contribution in [3.63, 3.8) is 0 Å². The maximum atomic E-state index is 12.2.